The molecular formula is C17H18ClNO3. The lowest BCUT2D eigenvalue weighted by Crippen LogP contribution is -2.28. The molecule has 22 heavy (non-hydrogen) atoms. The fraction of sp³-hybridized carbons (Fsp3) is 0.235. The molecule has 0 aromatic heterocycles. The van der Waals surface area contributed by atoms with Gasteiger partial charge >= 0.3 is 0 Å². The Kier molecular flexibility index (Phi) is 5.67. The molecule has 116 valence electrons. The second-order valence-electron chi connectivity index (χ2n) is 4.81. The van der Waals surface area contributed by atoms with Crippen LogP contribution in [0.25, 0.3) is 0 Å². The summed E-state index contributed by atoms with van der Waals surface area (Å²) >= 11 is 6.04. The van der Waals surface area contributed by atoms with Gasteiger partial charge in [-0.05, 0) is 36.2 Å². The molecule has 0 aliphatic heterocycles. The second kappa shape index (κ2) is 7.71. The Balaban J connectivity index is 1.87. The van der Waals surface area contributed by atoms with Crippen molar-refractivity contribution in [3.8, 4) is 11.5 Å². The molecule has 4 nitrogen and oxygen atoms in total. The van der Waals surface area contributed by atoms with Crippen molar-refractivity contribution in [3.05, 3.63) is 58.6 Å². The number of ether oxygens (including phenoxy) is 2. The zero-order chi connectivity index (χ0) is 15.9. The van der Waals surface area contributed by atoms with Crippen LogP contribution < -0.4 is 14.8 Å². The second-order valence-corrected chi connectivity index (χ2v) is 5.22. The summed E-state index contributed by atoms with van der Waals surface area (Å²) in [7, 11) is 1.57. The minimum absolute atomic E-state index is 0.0795. The van der Waals surface area contributed by atoms with E-state index in [9.17, 15) is 4.79 Å². The van der Waals surface area contributed by atoms with Gasteiger partial charge in [-0.3, -0.25) is 4.79 Å². The van der Waals surface area contributed by atoms with E-state index in [4.69, 9.17) is 21.1 Å². The van der Waals surface area contributed by atoms with E-state index in [0.29, 0.717) is 23.1 Å². The summed E-state index contributed by atoms with van der Waals surface area (Å²) in [5.74, 6) is 0.933. The smallest absolute Gasteiger partial charge is 0.258 e. The molecule has 0 heterocycles. The zero-order valence-electron chi connectivity index (χ0n) is 12.6. The number of aryl methyl sites for hydroxylation is 1. The Morgan fingerprint density at radius 1 is 1.18 bits per heavy atom. The third-order valence-corrected chi connectivity index (χ3v) is 3.48. The average molecular weight is 320 g/mol. The normalized spacial score (nSPS) is 10.1. The number of hydrogen-bond acceptors (Lipinski definition) is 3. The third kappa shape index (κ3) is 4.40. The Bertz CT molecular complexity index is 658. The van der Waals surface area contributed by atoms with E-state index in [1.165, 1.54) is 0 Å². The van der Waals surface area contributed by atoms with Crippen molar-refractivity contribution >= 4 is 17.5 Å². The number of carbonyl (C=O) groups is 1. The summed E-state index contributed by atoms with van der Waals surface area (Å²) in [6.07, 6.45) is 0. The molecule has 1 N–H and O–H groups in total. The summed E-state index contributed by atoms with van der Waals surface area (Å²) in [6.45, 7) is 2.25. The topological polar surface area (TPSA) is 47.6 Å². The highest BCUT2D eigenvalue weighted by Crippen LogP contribution is 2.27. The van der Waals surface area contributed by atoms with Gasteiger partial charge < -0.3 is 14.8 Å². The van der Waals surface area contributed by atoms with Gasteiger partial charge in [-0.2, -0.15) is 0 Å². The van der Waals surface area contributed by atoms with Crippen LogP contribution in [0.2, 0.25) is 5.02 Å². The SMILES string of the molecule is COc1cc(C)ccc1OCC(=O)NCc1ccccc1Cl. The first-order chi connectivity index (χ1) is 10.6. The van der Waals surface area contributed by atoms with E-state index in [0.717, 1.165) is 11.1 Å². The van der Waals surface area contributed by atoms with Crippen LogP contribution in [0, 0.1) is 6.92 Å². The van der Waals surface area contributed by atoms with Crippen LogP contribution in [0.1, 0.15) is 11.1 Å². The van der Waals surface area contributed by atoms with Crippen LogP contribution in [0.15, 0.2) is 42.5 Å². The number of methoxy groups -OCH3 is 1. The van der Waals surface area contributed by atoms with E-state index < -0.39 is 0 Å². The maximum absolute atomic E-state index is 11.8. The van der Waals surface area contributed by atoms with Crippen molar-refractivity contribution in [1.82, 2.24) is 5.32 Å². The molecule has 0 fully saturated rings. The molecule has 0 bridgehead atoms. The third-order valence-electron chi connectivity index (χ3n) is 3.11. The van der Waals surface area contributed by atoms with Gasteiger partial charge in [0, 0.05) is 11.6 Å². The van der Waals surface area contributed by atoms with Crippen molar-refractivity contribution < 1.29 is 14.3 Å². The molecule has 0 atom stereocenters. The molecule has 0 spiro atoms. The molecule has 0 saturated heterocycles. The molecule has 2 aromatic rings. The lowest BCUT2D eigenvalue weighted by atomic mass is 10.2. The fourth-order valence-corrected chi connectivity index (χ4v) is 2.13. The fourth-order valence-electron chi connectivity index (χ4n) is 1.92. The molecule has 0 saturated carbocycles. The molecule has 5 heteroatoms. The molecular weight excluding hydrogens is 302 g/mol. The van der Waals surface area contributed by atoms with E-state index in [1.807, 2.05) is 37.3 Å². The quantitative estimate of drug-likeness (QED) is 0.888. The van der Waals surface area contributed by atoms with Gasteiger partial charge in [0.2, 0.25) is 0 Å². The number of hydrogen-bond donors (Lipinski definition) is 1. The Morgan fingerprint density at radius 2 is 1.95 bits per heavy atom. The van der Waals surface area contributed by atoms with E-state index >= 15 is 0 Å². The van der Waals surface area contributed by atoms with Gasteiger partial charge in [-0.15, -0.1) is 0 Å². The van der Waals surface area contributed by atoms with Crippen molar-refractivity contribution in [2.75, 3.05) is 13.7 Å². The highest BCUT2D eigenvalue weighted by Gasteiger charge is 2.08. The van der Waals surface area contributed by atoms with Gasteiger partial charge in [0.1, 0.15) is 0 Å². The van der Waals surface area contributed by atoms with Crippen molar-refractivity contribution in [2.24, 2.45) is 0 Å². The van der Waals surface area contributed by atoms with Crippen LogP contribution in [-0.4, -0.2) is 19.6 Å². The predicted molar refractivity (Wildman–Crippen MR) is 86.5 cm³/mol. The number of benzene rings is 2. The minimum atomic E-state index is -0.220. The molecule has 0 radical (unpaired) electrons. The Morgan fingerprint density at radius 3 is 2.68 bits per heavy atom. The van der Waals surface area contributed by atoms with Crippen LogP contribution in [0.4, 0.5) is 0 Å². The molecule has 1 amide bonds. The van der Waals surface area contributed by atoms with Gasteiger partial charge in [0.15, 0.2) is 18.1 Å². The van der Waals surface area contributed by atoms with Crippen molar-refractivity contribution in [2.45, 2.75) is 13.5 Å². The highest BCUT2D eigenvalue weighted by molar-refractivity contribution is 6.31. The molecule has 0 aliphatic rings. The molecule has 2 aromatic carbocycles. The van der Waals surface area contributed by atoms with Crippen LogP contribution in [0.3, 0.4) is 0 Å². The highest BCUT2D eigenvalue weighted by atomic mass is 35.5. The molecule has 0 unspecified atom stereocenters. The number of amides is 1. The largest absolute Gasteiger partial charge is 0.493 e. The Hall–Kier alpha value is -2.20. The van der Waals surface area contributed by atoms with E-state index in [-0.39, 0.29) is 12.5 Å². The lowest BCUT2D eigenvalue weighted by molar-refractivity contribution is -0.123. The standard InChI is InChI=1S/C17H18ClNO3/c1-12-7-8-15(16(9-12)21-2)22-11-17(20)19-10-13-5-3-4-6-14(13)18/h3-9H,10-11H2,1-2H3,(H,19,20). The molecule has 2 rings (SSSR count). The minimum Gasteiger partial charge on any atom is -0.493 e. The summed E-state index contributed by atoms with van der Waals surface area (Å²) < 4.78 is 10.7. The van der Waals surface area contributed by atoms with E-state index in [2.05, 4.69) is 5.32 Å². The first kappa shape index (κ1) is 16.2. The predicted octanol–water partition coefficient (Wildman–Crippen LogP) is 3.35. The van der Waals surface area contributed by atoms with Crippen molar-refractivity contribution in [1.29, 1.82) is 0 Å². The van der Waals surface area contributed by atoms with Gasteiger partial charge in [0.25, 0.3) is 5.91 Å². The summed E-state index contributed by atoms with van der Waals surface area (Å²) in [6, 6.07) is 12.9. The first-order valence-electron chi connectivity index (χ1n) is 6.87. The summed E-state index contributed by atoms with van der Waals surface area (Å²) in [4.78, 5) is 11.8. The summed E-state index contributed by atoms with van der Waals surface area (Å²) in [5.41, 5.74) is 1.93. The maximum atomic E-state index is 11.8. The first-order valence-corrected chi connectivity index (χ1v) is 7.25. The number of halogens is 1. The average Bonchev–Trinajstić information content (AvgIpc) is 2.52. The summed E-state index contributed by atoms with van der Waals surface area (Å²) in [5, 5.41) is 3.40. The maximum Gasteiger partial charge on any atom is 0.258 e. The number of carbonyl (C=O) groups excluding carboxylic acids is 1. The van der Waals surface area contributed by atoms with Crippen LogP contribution in [0.5, 0.6) is 11.5 Å². The van der Waals surface area contributed by atoms with Crippen LogP contribution >= 0.6 is 11.6 Å². The lowest BCUT2D eigenvalue weighted by Gasteiger charge is -2.11. The zero-order valence-corrected chi connectivity index (χ0v) is 13.3. The van der Waals surface area contributed by atoms with Gasteiger partial charge in [0.05, 0.1) is 7.11 Å². The van der Waals surface area contributed by atoms with Crippen LogP contribution in [-0.2, 0) is 11.3 Å². The Labute approximate surface area is 135 Å². The monoisotopic (exact) mass is 319 g/mol. The number of nitrogens with one attached hydrogen (secondary N) is 1. The van der Waals surface area contributed by atoms with Crippen molar-refractivity contribution in [3.63, 3.8) is 0 Å². The number of rotatable bonds is 6. The molecule has 0 aliphatic carbocycles. The van der Waals surface area contributed by atoms with E-state index in [1.54, 1.807) is 19.2 Å². The van der Waals surface area contributed by atoms with Gasteiger partial charge in [-0.1, -0.05) is 35.9 Å². The van der Waals surface area contributed by atoms with Gasteiger partial charge in [-0.25, -0.2) is 0 Å².